The third kappa shape index (κ3) is 2.95. The minimum atomic E-state index is -0.0480. The van der Waals surface area contributed by atoms with Gasteiger partial charge in [-0.25, -0.2) is 0 Å². The Kier molecular flexibility index (Phi) is 4.08. The molecular weight excluding hydrogens is 306 g/mol. The maximum Gasteiger partial charge on any atom is 0.323 e. The number of hydrogen-bond acceptors (Lipinski definition) is 6. The number of hydrogen-bond donors (Lipinski definition) is 0. The van der Waals surface area contributed by atoms with Crippen LogP contribution in [0.2, 0.25) is 0 Å². The molecule has 3 unspecified atom stereocenters. The van der Waals surface area contributed by atoms with Gasteiger partial charge in [0.2, 0.25) is 0 Å². The number of carbonyl (C=O) groups excluding carboxylic acids is 1. The van der Waals surface area contributed by atoms with Gasteiger partial charge in [-0.05, 0) is 33.2 Å². The number of esters is 1. The van der Waals surface area contributed by atoms with Gasteiger partial charge in [-0.3, -0.25) is 14.6 Å². The quantitative estimate of drug-likeness (QED) is 0.746. The molecule has 1 aliphatic carbocycles. The number of likely N-dealkylation sites (tertiary alicyclic amines) is 1. The number of ether oxygens (including phenoxy) is 1. The van der Waals surface area contributed by atoms with Crippen molar-refractivity contribution in [1.29, 1.82) is 0 Å². The number of nitrogens with zero attached hydrogens (tertiary/aromatic N) is 5. The maximum atomic E-state index is 12.0. The summed E-state index contributed by atoms with van der Waals surface area (Å²) < 4.78 is 7.47. The first-order valence-corrected chi connectivity index (χ1v) is 9.06. The summed E-state index contributed by atoms with van der Waals surface area (Å²) in [5.41, 5.74) is 0. The molecule has 0 amide bonds. The minimum absolute atomic E-state index is 0.0466. The number of carbonyl (C=O) groups is 1. The molecule has 0 radical (unpaired) electrons. The van der Waals surface area contributed by atoms with Crippen molar-refractivity contribution in [2.45, 2.75) is 63.3 Å². The fraction of sp³-hybridized carbons (Fsp3) is 0.824. The third-order valence-electron chi connectivity index (χ3n) is 5.74. The molecule has 3 atom stereocenters. The summed E-state index contributed by atoms with van der Waals surface area (Å²) in [4.78, 5) is 16.6. The predicted molar refractivity (Wildman–Crippen MR) is 88.4 cm³/mol. The maximum absolute atomic E-state index is 12.0. The van der Waals surface area contributed by atoms with Gasteiger partial charge in [-0.2, -0.15) is 0 Å². The molecule has 2 saturated heterocycles. The fourth-order valence-corrected chi connectivity index (χ4v) is 4.01. The Morgan fingerprint density at radius 3 is 2.75 bits per heavy atom. The van der Waals surface area contributed by atoms with Crippen LogP contribution in [0.25, 0.3) is 0 Å². The topological polar surface area (TPSA) is 63.5 Å². The molecule has 132 valence electrons. The van der Waals surface area contributed by atoms with Crippen molar-refractivity contribution in [1.82, 2.24) is 24.6 Å². The van der Waals surface area contributed by atoms with Gasteiger partial charge in [0.05, 0.1) is 6.54 Å². The van der Waals surface area contributed by atoms with Crippen molar-refractivity contribution in [2.24, 2.45) is 7.05 Å². The molecule has 24 heavy (non-hydrogen) atoms. The van der Waals surface area contributed by atoms with Gasteiger partial charge >= 0.3 is 5.97 Å². The summed E-state index contributed by atoms with van der Waals surface area (Å²) in [6.45, 7) is 4.67. The molecule has 7 heteroatoms. The first-order valence-electron chi connectivity index (χ1n) is 9.06. The van der Waals surface area contributed by atoms with Crippen molar-refractivity contribution >= 4 is 5.97 Å². The Morgan fingerprint density at radius 2 is 2.08 bits per heavy atom. The standard InChI is InChI=1S/C17H27N5O2/c1-11-8-14(17(23)24-11)22-7-6-13(9-22)20(2)10-15-18-19-16(21(15)3)12-4-5-12/h11-14H,4-10H2,1-3H3. The van der Waals surface area contributed by atoms with Gasteiger partial charge in [0, 0.05) is 38.5 Å². The van der Waals surface area contributed by atoms with Crippen LogP contribution in [0.1, 0.15) is 50.2 Å². The van der Waals surface area contributed by atoms with Crippen LogP contribution in [-0.2, 0) is 23.1 Å². The van der Waals surface area contributed by atoms with E-state index in [1.165, 1.54) is 12.8 Å². The van der Waals surface area contributed by atoms with E-state index < -0.39 is 0 Å². The van der Waals surface area contributed by atoms with Gasteiger partial charge in [0.15, 0.2) is 0 Å². The van der Waals surface area contributed by atoms with Crippen LogP contribution in [0.5, 0.6) is 0 Å². The predicted octanol–water partition coefficient (Wildman–Crippen LogP) is 0.903. The van der Waals surface area contributed by atoms with Crippen LogP contribution in [-0.4, -0.2) is 68.9 Å². The second kappa shape index (κ2) is 6.11. The molecular formula is C17H27N5O2. The summed E-state index contributed by atoms with van der Waals surface area (Å²) in [6, 6.07) is 0.407. The molecule has 3 aliphatic rings. The molecule has 7 nitrogen and oxygen atoms in total. The van der Waals surface area contributed by atoms with E-state index >= 15 is 0 Å². The molecule has 0 bridgehead atoms. The molecule has 0 aromatic carbocycles. The van der Waals surface area contributed by atoms with Crippen LogP contribution in [0.15, 0.2) is 0 Å². The fourth-order valence-electron chi connectivity index (χ4n) is 4.01. The summed E-state index contributed by atoms with van der Waals surface area (Å²) in [7, 11) is 4.23. The van der Waals surface area contributed by atoms with E-state index in [0.29, 0.717) is 12.0 Å². The largest absolute Gasteiger partial charge is 0.461 e. The van der Waals surface area contributed by atoms with E-state index in [0.717, 1.165) is 44.1 Å². The molecule has 3 fully saturated rings. The molecule has 3 heterocycles. The van der Waals surface area contributed by atoms with Gasteiger partial charge in [-0.1, -0.05) is 0 Å². The highest BCUT2D eigenvalue weighted by Gasteiger charge is 2.40. The van der Waals surface area contributed by atoms with E-state index in [4.69, 9.17) is 4.74 Å². The van der Waals surface area contributed by atoms with Crippen LogP contribution < -0.4 is 0 Å². The van der Waals surface area contributed by atoms with Crippen molar-refractivity contribution in [3.63, 3.8) is 0 Å². The summed E-state index contributed by atoms with van der Waals surface area (Å²) in [6.07, 6.45) is 4.45. The highest BCUT2D eigenvalue weighted by atomic mass is 16.6. The molecule has 4 rings (SSSR count). The Bertz CT molecular complexity index is 626. The van der Waals surface area contributed by atoms with E-state index in [1.807, 2.05) is 6.92 Å². The van der Waals surface area contributed by atoms with Crippen LogP contribution in [0.3, 0.4) is 0 Å². The SMILES string of the molecule is CC1CC(N2CCC(N(C)Cc3nnc(C4CC4)n3C)C2)C(=O)O1. The van der Waals surface area contributed by atoms with E-state index in [-0.39, 0.29) is 18.1 Å². The summed E-state index contributed by atoms with van der Waals surface area (Å²) >= 11 is 0. The van der Waals surface area contributed by atoms with E-state index in [1.54, 1.807) is 0 Å². The highest BCUT2D eigenvalue weighted by molar-refractivity contribution is 5.78. The number of cyclic esters (lactones) is 1. The Labute approximate surface area is 143 Å². The molecule has 1 saturated carbocycles. The smallest absolute Gasteiger partial charge is 0.323 e. The van der Waals surface area contributed by atoms with Crippen molar-refractivity contribution in [3.05, 3.63) is 11.6 Å². The zero-order valence-electron chi connectivity index (χ0n) is 14.8. The zero-order chi connectivity index (χ0) is 16.8. The number of rotatable bonds is 5. The molecule has 0 spiro atoms. The lowest BCUT2D eigenvalue weighted by Crippen LogP contribution is -2.40. The van der Waals surface area contributed by atoms with E-state index in [2.05, 4.69) is 38.7 Å². The van der Waals surface area contributed by atoms with Gasteiger partial charge in [0.25, 0.3) is 0 Å². The second-order valence-corrected chi connectivity index (χ2v) is 7.66. The van der Waals surface area contributed by atoms with Gasteiger partial charge in [-0.15, -0.1) is 10.2 Å². The first kappa shape index (κ1) is 16.0. The minimum Gasteiger partial charge on any atom is -0.461 e. The second-order valence-electron chi connectivity index (χ2n) is 7.66. The lowest BCUT2D eigenvalue weighted by molar-refractivity contribution is -0.144. The molecule has 2 aliphatic heterocycles. The van der Waals surface area contributed by atoms with E-state index in [9.17, 15) is 4.79 Å². The Morgan fingerprint density at radius 1 is 1.29 bits per heavy atom. The van der Waals surface area contributed by atoms with Crippen molar-refractivity contribution in [3.8, 4) is 0 Å². The van der Waals surface area contributed by atoms with Crippen molar-refractivity contribution in [2.75, 3.05) is 20.1 Å². The van der Waals surface area contributed by atoms with Crippen molar-refractivity contribution < 1.29 is 9.53 Å². The normalized spacial score (nSPS) is 31.2. The molecule has 0 N–H and O–H groups in total. The monoisotopic (exact) mass is 333 g/mol. The summed E-state index contributed by atoms with van der Waals surface area (Å²) in [5.74, 6) is 2.74. The summed E-state index contributed by atoms with van der Waals surface area (Å²) in [5, 5.41) is 8.76. The van der Waals surface area contributed by atoms with Crippen LogP contribution in [0, 0.1) is 0 Å². The first-order chi connectivity index (χ1) is 11.5. The van der Waals surface area contributed by atoms with Gasteiger partial charge in [0.1, 0.15) is 23.8 Å². The Balaban J connectivity index is 1.36. The lowest BCUT2D eigenvalue weighted by Gasteiger charge is -2.25. The highest BCUT2D eigenvalue weighted by Crippen LogP contribution is 2.38. The molecule has 1 aromatic rings. The third-order valence-corrected chi connectivity index (χ3v) is 5.74. The van der Waals surface area contributed by atoms with Crippen LogP contribution in [0.4, 0.5) is 0 Å². The van der Waals surface area contributed by atoms with Crippen LogP contribution >= 0.6 is 0 Å². The number of likely N-dealkylation sites (N-methyl/N-ethyl adjacent to an activating group) is 1. The zero-order valence-corrected chi connectivity index (χ0v) is 14.8. The average molecular weight is 333 g/mol. The Hall–Kier alpha value is -1.47. The molecule has 1 aromatic heterocycles. The average Bonchev–Trinajstić information content (AvgIpc) is 2.99. The van der Waals surface area contributed by atoms with Gasteiger partial charge < -0.3 is 9.30 Å². The lowest BCUT2D eigenvalue weighted by atomic mass is 10.1. The number of aromatic nitrogens is 3.